The van der Waals surface area contributed by atoms with Gasteiger partial charge in [0.2, 0.25) is 0 Å². The van der Waals surface area contributed by atoms with Gasteiger partial charge in [0.15, 0.2) is 0 Å². The maximum absolute atomic E-state index is 12.3. The molecule has 0 atom stereocenters. The molecule has 0 radical (unpaired) electrons. The molecule has 2 rings (SSSR count). The normalized spacial score (nSPS) is 11.2. The summed E-state index contributed by atoms with van der Waals surface area (Å²) in [5.41, 5.74) is 2.19. The summed E-state index contributed by atoms with van der Waals surface area (Å²) < 4.78 is 0.860. The molecule has 0 fully saturated rings. The number of para-hydroxylation sites is 1. The van der Waals surface area contributed by atoms with Gasteiger partial charge in [0, 0.05) is 27.3 Å². The third-order valence-corrected chi connectivity index (χ3v) is 3.60. The summed E-state index contributed by atoms with van der Waals surface area (Å²) >= 11 is 3.42. The topological polar surface area (TPSA) is 42.0 Å². The first kappa shape index (κ1) is 14.7. The molecule has 0 aliphatic heterocycles. The molecule has 1 aromatic carbocycles. The number of pyridine rings is 1. The van der Waals surface area contributed by atoms with Gasteiger partial charge in [0.05, 0.1) is 5.69 Å². The van der Waals surface area contributed by atoms with Gasteiger partial charge >= 0.3 is 0 Å². The molecule has 1 heterocycles. The van der Waals surface area contributed by atoms with Crippen molar-refractivity contribution >= 4 is 27.5 Å². The summed E-state index contributed by atoms with van der Waals surface area (Å²) in [7, 11) is 0. The average Bonchev–Trinajstić information content (AvgIpc) is 2.40. The molecule has 3 nitrogen and oxygen atoms in total. The van der Waals surface area contributed by atoms with Crippen LogP contribution in [-0.4, -0.2) is 10.9 Å². The predicted molar refractivity (Wildman–Crippen MR) is 85.0 cm³/mol. The lowest BCUT2D eigenvalue weighted by molar-refractivity contribution is 0.102. The van der Waals surface area contributed by atoms with Gasteiger partial charge in [-0.15, -0.1) is 0 Å². The Balaban J connectivity index is 2.24. The van der Waals surface area contributed by atoms with E-state index in [1.165, 1.54) is 0 Å². The van der Waals surface area contributed by atoms with Crippen molar-refractivity contribution in [1.29, 1.82) is 0 Å². The number of benzene rings is 1. The Hall–Kier alpha value is -1.68. The van der Waals surface area contributed by atoms with E-state index in [0.717, 1.165) is 15.9 Å². The number of nitrogens with zero attached hydrogens (tertiary/aromatic N) is 1. The van der Waals surface area contributed by atoms with Crippen molar-refractivity contribution in [3.8, 4) is 0 Å². The highest BCUT2D eigenvalue weighted by atomic mass is 79.9. The number of carbonyl (C=O) groups excluding carboxylic acids is 1. The molecule has 2 aromatic rings. The molecule has 0 aliphatic carbocycles. The van der Waals surface area contributed by atoms with Crippen molar-refractivity contribution in [3.63, 3.8) is 0 Å². The zero-order valence-corrected chi connectivity index (χ0v) is 13.4. The first-order chi connectivity index (χ1) is 9.38. The standard InChI is InChI=1S/C16H17BrN2O/c1-16(2,3)14-10-11(8-9-18-14)15(20)19-13-7-5-4-6-12(13)17/h4-10H,1-3H3,(H,19,20). The zero-order valence-electron chi connectivity index (χ0n) is 11.8. The Kier molecular flexibility index (Phi) is 4.23. The van der Waals surface area contributed by atoms with E-state index in [0.29, 0.717) is 5.56 Å². The van der Waals surface area contributed by atoms with Crippen LogP contribution in [0.25, 0.3) is 0 Å². The molecule has 0 aliphatic rings. The van der Waals surface area contributed by atoms with Crippen molar-refractivity contribution in [3.05, 3.63) is 58.3 Å². The monoisotopic (exact) mass is 332 g/mol. The van der Waals surface area contributed by atoms with Gasteiger partial charge in [-0.3, -0.25) is 9.78 Å². The van der Waals surface area contributed by atoms with Crippen LogP contribution in [0.5, 0.6) is 0 Å². The van der Waals surface area contributed by atoms with Gasteiger partial charge in [-0.25, -0.2) is 0 Å². The van der Waals surface area contributed by atoms with Gasteiger partial charge in [0.1, 0.15) is 0 Å². The first-order valence-electron chi connectivity index (χ1n) is 6.40. The highest BCUT2D eigenvalue weighted by Gasteiger charge is 2.17. The molecule has 20 heavy (non-hydrogen) atoms. The first-order valence-corrected chi connectivity index (χ1v) is 7.19. The predicted octanol–water partition coefficient (Wildman–Crippen LogP) is 4.39. The Morgan fingerprint density at radius 3 is 2.55 bits per heavy atom. The van der Waals surface area contributed by atoms with Crippen molar-refractivity contribution in [2.75, 3.05) is 5.32 Å². The van der Waals surface area contributed by atoms with Gasteiger partial charge in [-0.1, -0.05) is 32.9 Å². The van der Waals surface area contributed by atoms with Gasteiger partial charge < -0.3 is 5.32 Å². The summed E-state index contributed by atoms with van der Waals surface area (Å²) in [5.74, 6) is -0.134. The molecule has 1 aromatic heterocycles. The molecule has 0 unspecified atom stereocenters. The largest absolute Gasteiger partial charge is 0.321 e. The minimum Gasteiger partial charge on any atom is -0.321 e. The Labute approximate surface area is 127 Å². The van der Waals surface area contributed by atoms with Crippen molar-refractivity contribution in [1.82, 2.24) is 4.98 Å². The van der Waals surface area contributed by atoms with Crippen LogP contribution in [-0.2, 0) is 5.41 Å². The number of nitrogens with one attached hydrogen (secondary N) is 1. The van der Waals surface area contributed by atoms with Crippen LogP contribution >= 0.6 is 15.9 Å². The summed E-state index contributed by atoms with van der Waals surface area (Å²) in [4.78, 5) is 16.6. The minimum absolute atomic E-state index is 0.0797. The van der Waals surface area contributed by atoms with E-state index in [9.17, 15) is 4.79 Å². The van der Waals surface area contributed by atoms with Crippen LogP contribution in [0, 0.1) is 0 Å². The molecule has 0 bridgehead atoms. The average molecular weight is 333 g/mol. The molecule has 1 N–H and O–H groups in total. The SMILES string of the molecule is CC(C)(C)c1cc(C(=O)Nc2ccccc2Br)ccn1. The lowest BCUT2D eigenvalue weighted by Gasteiger charge is -2.18. The van der Waals surface area contributed by atoms with E-state index in [1.807, 2.05) is 30.3 Å². The maximum atomic E-state index is 12.3. The number of halogens is 1. The quantitative estimate of drug-likeness (QED) is 0.885. The van der Waals surface area contributed by atoms with Crippen LogP contribution in [0.3, 0.4) is 0 Å². The molecular formula is C16H17BrN2O. The van der Waals surface area contributed by atoms with E-state index in [-0.39, 0.29) is 11.3 Å². The lowest BCUT2D eigenvalue weighted by atomic mass is 9.91. The Bertz CT molecular complexity index is 632. The molecule has 104 valence electrons. The molecule has 0 spiro atoms. The van der Waals surface area contributed by atoms with E-state index in [4.69, 9.17) is 0 Å². The number of carbonyl (C=O) groups is 1. The minimum atomic E-state index is -0.134. The number of aromatic nitrogens is 1. The van der Waals surface area contributed by atoms with Crippen LogP contribution in [0.15, 0.2) is 47.1 Å². The van der Waals surface area contributed by atoms with E-state index < -0.39 is 0 Å². The fourth-order valence-corrected chi connectivity index (χ4v) is 2.12. The van der Waals surface area contributed by atoms with Crippen LogP contribution < -0.4 is 5.32 Å². The fourth-order valence-electron chi connectivity index (χ4n) is 1.74. The summed E-state index contributed by atoms with van der Waals surface area (Å²) in [6.07, 6.45) is 1.68. The number of rotatable bonds is 2. The molecule has 0 saturated heterocycles. The second kappa shape index (κ2) is 5.75. The molecular weight excluding hydrogens is 316 g/mol. The van der Waals surface area contributed by atoms with Crippen LogP contribution in [0.4, 0.5) is 5.69 Å². The Morgan fingerprint density at radius 2 is 1.90 bits per heavy atom. The number of hydrogen-bond acceptors (Lipinski definition) is 2. The molecule has 1 amide bonds. The van der Waals surface area contributed by atoms with E-state index >= 15 is 0 Å². The summed E-state index contributed by atoms with van der Waals surface area (Å²) in [6.45, 7) is 6.22. The van der Waals surface area contributed by atoms with Crippen LogP contribution in [0.1, 0.15) is 36.8 Å². The second-order valence-corrected chi connectivity index (χ2v) is 6.47. The zero-order chi connectivity index (χ0) is 14.8. The fraction of sp³-hybridized carbons (Fsp3) is 0.250. The highest BCUT2D eigenvalue weighted by molar-refractivity contribution is 9.10. The van der Waals surface area contributed by atoms with Gasteiger partial charge in [-0.2, -0.15) is 0 Å². The summed E-state index contributed by atoms with van der Waals surface area (Å²) in [6, 6.07) is 11.1. The molecule has 0 saturated carbocycles. The third-order valence-electron chi connectivity index (χ3n) is 2.91. The lowest BCUT2D eigenvalue weighted by Crippen LogP contribution is -2.17. The third kappa shape index (κ3) is 3.45. The second-order valence-electron chi connectivity index (χ2n) is 5.61. The Morgan fingerprint density at radius 1 is 1.20 bits per heavy atom. The highest BCUT2D eigenvalue weighted by Crippen LogP contribution is 2.23. The maximum Gasteiger partial charge on any atom is 0.255 e. The van der Waals surface area contributed by atoms with E-state index in [1.54, 1.807) is 12.3 Å². The van der Waals surface area contributed by atoms with Crippen molar-refractivity contribution in [2.45, 2.75) is 26.2 Å². The number of amides is 1. The number of anilines is 1. The van der Waals surface area contributed by atoms with Crippen LogP contribution in [0.2, 0.25) is 0 Å². The smallest absolute Gasteiger partial charge is 0.255 e. The van der Waals surface area contributed by atoms with Crippen molar-refractivity contribution < 1.29 is 4.79 Å². The van der Waals surface area contributed by atoms with Gasteiger partial charge in [0.25, 0.3) is 5.91 Å². The van der Waals surface area contributed by atoms with Gasteiger partial charge in [-0.05, 0) is 40.2 Å². The summed E-state index contributed by atoms with van der Waals surface area (Å²) in [5, 5.41) is 2.89. The van der Waals surface area contributed by atoms with Crippen molar-refractivity contribution in [2.24, 2.45) is 0 Å². The molecule has 4 heteroatoms. The van der Waals surface area contributed by atoms with E-state index in [2.05, 4.69) is 47.0 Å². The number of hydrogen-bond donors (Lipinski definition) is 1.